The van der Waals surface area contributed by atoms with Gasteiger partial charge >= 0.3 is 0 Å². The van der Waals surface area contributed by atoms with Gasteiger partial charge < -0.3 is 10.2 Å². The van der Waals surface area contributed by atoms with Crippen molar-refractivity contribution in [3.05, 3.63) is 65.7 Å². The van der Waals surface area contributed by atoms with Gasteiger partial charge in [-0.1, -0.05) is 49.4 Å². The van der Waals surface area contributed by atoms with E-state index in [0.717, 1.165) is 9.87 Å². The third-order valence-electron chi connectivity index (χ3n) is 5.74. The molecular weight excluding hydrogens is 466 g/mol. The lowest BCUT2D eigenvalue weighted by Gasteiger charge is -2.33. The number of nitrogens with one attached hydrogen (secondary N) is 1. The second kappa shape index (κ2) is 10.6. The largest absolute Gasteiger partial charge is 0.350 e. The average Bonchev–Trinajstić information content (AvgIpc) is 2.99. The fraction of sp³-hybridized carbons (Fsp3) is 0.423. The molecule has 1 heterocycles. The molecule has 2 aromatic carbocycles. The van der Waals surface area contributed by atoms with Gasteiger partial charge in [0, 0.05) is 25.0 Å². The van der Waals surface area contributed by atoms with Gasteiger partial charge in [0.15, 0.2) is 0 Å². The number of hydrogen-bond acceptors (Lipinski definition) is 5. The summed E-state index contributed by atoms with van der Waals surface area (Å²) in [5.41, 5.74) is 0.580. The Bertz CT molecular complexity index is 1190. The Kier molecular flexibility index (Phi) is 8.00. The number of amides is 3. The summed E-state index contributed by atoms with van der Waals surface area (Å²) in [4.78, 5) is 40.5. The summed E-state index contributed by atoms with van der Waals surface area (Å²) >= 11 is 0. The lowest BCUT2D eigenvalue weighted by molar-refractivity contribution is -0.142. The second-order valence-corrected chi connectivity index (χ2v) is 11.5. The highest BCUT2D eigenvalue weighted by atomic mass is 32.2. The monoisotopic (exact) mass is 499 g/mol. The van der Waals surface area contributed by atoms with Gasteiger partial charge in [-0.05, 0) is 51.3 Å². The number of hydrogen-bond donors (Lipinski definition) is 1. The van der Waals surface area contributed by atoms with Crippen LogP contribution in [0.5, 0.6) is 0 Å². The molecule has 0 aromatic heterocycles. The number of carbonyl (C=O) groups is 3. The maximum atomic E-state index is 13.3. The van der Waals surface area contributed by atoms with Crippen LogP contribution in [0.2, 0.25) is 0 Å². The molecule has 0 spiro atoms. The SMILES string of the molecule is CC[C@@H](C(=O)NC(C)(C)C)N(Cc1ccccc1)C(=O)CCCN1C(=O)c2ccccc2S1(=O)=O. The van der Waals surface area contributed by atoms with E-state index in [9.17, 15) is 22.8 Å². The summed E-state index contributed by atoms with van der Waals surface area (Å²) in [6, 6.07) is 14.8. The summed E-state index contributed by atoms with van der Waals surface area (Å²) in [7, 11) is -3.92. The molecule has 3 amide bonds. The zero-order valence-corrected chi connectivity index (χ0v) is 21.5. The number of fused-ring (bicyclic) bond motifs is 1. The van der Waals surface area contributed by atoms with Crippen molar-refractivity contribution in [1.82, 2.24) is 14.5 Å². The Labute approximate surface area is 207 Å². The van der Waals surface area contributed by atoms with Crippen LogP contribution < -0.4 is 5.32 Å². The molecule has 0 unspecified atom stereocenters. The summed E-state index contributed by atoms with van der Waals surface area (Å²) in [6.07, 6.45) is 0.580. The molecule has 35 heavy (non-hydrogen) atoms. The van der Waals surface area contributed by atoms with Gasteiger partial charge in [-0.3, -0.25) is 14.4 Å². The minimum Gasteiger partial charge on any atom is -0.350 e. The predicted octanol–water partition coefficient (Wildman–Crippen LogP) is 3.33. The van der Waals surface area contributed by atoms with E-state index in [1.165, 1.54) is 12.1 Å². The highest BCUT2D eigenvalue weighted by Gasteiger charge is 2.40. The molecule has 0 aliphatic carbocycles. The maximum absolute atomic E-state index is 13.3. The van der Waals surface area contributed by atoms with Crippen LogP contribution in [0, 0.1) is 0 Å². The van der Waals surface area contributed by atoms with Crippen molar-refractivity contribution < 1.29 is 22.8 Å². The van der Waals surface area contributed by atoms with E-state index in [-0.39, 0.29) is 48.2 Å². The summed E-state index contributed by atoms with van der Waals surface area (Å²) in [6.45, 7) is 7.64. The molecule has 0 fully saturated rings. The standard InChI is InChI=1S/C26H33N3O5S/c1-5-21(24(31)27-26(2,3)4)28(18-19-12-7-6-8-13-19)23(30)16-11-17-29-25(32)20-14-9-10-15-22(20)35(29,33)34/h6-10,12-15,21H,5,11,16-18H2,1-4H3,(H,27,31)/t21-/m0/s1. The van der Waals surface area contributed by atoms with Crippen molar-refractivity contribution in [2.75, 3.05) is 6.54 Å². The fourth-order valence-corrected chi connectivity index (χ4v) is 5.73. The molecular formula is C26H33N3O5S. The lowest BCUT2D eigenvalue weighted by Crippen LogP contribution is -2.53. The van der Waals surface area contributed by atoms with Crippen molar-refractivity contribution in [1.29, 1.82) is 0 Å². The van der Waals surface area contributed by atoms with E-state index in [4.69, 9.17) is 0 Å². The zero-order valence-electron chi connectivity index (χ0n) is 20.7. The second-order valence-electron chi connectivity index (χ2n) is 9.65. The Morgan fingerprint density at radius 3 is 2.26 bits per heavy atom. The minimum absolute atomic E-state index is 0.00176. The number of rotatable bonds is 9. The lowest BCUT2D eigenvalue weighted by atomic mass is 10.0. The van der Waals surface area contributed by atoms with Crippen molar-refractivity contribution in [2.24, 2.45) is 0 Å². The third-order valence-corrected chi connectivity index (χ3v) is 7.58. The smallest absolute Gasteiger partial charge is 0.269 e. The predicted molar refractivity (Wildman–Crippen MR) is 133 cm³/mol. The molecule has 0 bridgehead atoms. The van der Waals surface area contributed by atoms with Crippen LogP contribution in [0.3, 0.4) is 0 Å². The molecule has 0 radical (unpaired) electrons. The molecule has 3 rings (SSSR count). The highest BCUT2D eigenvalue weighted by Crippen LogP contribution is 2.30. The average molecular weight is 500 g/mol. The molecule has 0 saturated heterocycles. The summed E-state index contributed by atoms with van der Waals surface area (Å²) in [5.74, 6) is -1.09. The van der Waals surface area contributed by atoms with Crippen LogP contribution >= 0.6 is 0 Å². The zero-order chi connectivity index (χ0) is 25.8. The van der Waals surface area contributed by atoms with Gasteiger partial charge in [0.1, 0.15) is 10.9 Å². The van der Waals surface area contributed by atoms with Crippen LogP contribution in [0.1, 0.15) is 62.9 Å². The van der Waals surface area contributed by atoms with E-state index >= 15 is 0 Å². The molecule has 0 saturated carbocycles. The van der Waals surface area contributed by atoms with Crippen LogP contribution in [-0.4, -0.2) is 53.5 Å². The van der Waals surface area contributed by atoms with Crippen molar-refractivity contribution in [3.8, 4) is 0 Å². The van der Waals surface area contributed by atoms with E-state index in [2.05, 4.69) is 5.32 Å². The minimum atomic E-state index is -3.92. The first-order chi connectivity index (χ1) is 16.5. The van der Waals surface area contributed by atoms with Gasteiger partial charge in [-0.2, -0.15) is 0 Å². The molecule has 188 valence electrons. The molecule has 1 N–H and O–H groups in total. The normalized spacial score (nSPS) is 15.4. The van der Waals surface area contributed by atoms with E-state index in [1.54, 1.807) is 17.0 Å². The number of nitrogens with zero attached hydrogens (tertiary/aromatic N) is 2. The van der Waals surface area contributed by atoms with Gasteiger partial charge in [0.05, 0.1) is 5.56 Å². The van der Waals surface area contributed by atoms with Crippen molar-refractivity contribution in [2.45, 2.75) is 70.0 Å². The van der Waals surface area contributed by atoms with Crippen LogP contribution in [-0.2, 0) is 26.2 Å². The van der Waals surface area contributed by atoms with Crippen LogP contribution in [0.25, 0.3) is 0 Å². The first-order valence-corrected chi connectivity index (χ1v) is 13.2. The van der Waals surface area contributed by atoms with Crippen molar-refractivity contribution in [3.63, 3.8) is 0 Å². The number of sulfonamides is 1. The molecule has 2 aromatic rings. The Hall–Kier alpha value is -3.20. The highest BCUT2D eigenvalue weighted by molar-refractivity contribution is 7.90. The van der Waals surface area contributed by atoms with E-state index in [1.807, 2.05) is 58.0 Å². The fourth-order valence-electron chi connectivity index (χ4n) is 4.12. The molecule has 8 nitrogen and oxygen atoms in total. The molecule has 1 aliphatic rings. The topological polar surface area (TPSA) is 104 Å². The summed E-state index contributed by atoms with van der Waals surface area (Å²) < 4.78 is 26.4. The molecule has 1 atom stereocenters. The summed E-state index contributed by atoms with van der Waals surface area (Å²) in [5, 5.41) is 2.95. The van der Waals surface area contributed by atoms with Gasteiger partial charge in [0.25, 0.3) is 15.9 Å². The molecule has 9 heteroatoms. The first-order valence-electron chi connectivity index (χ1n) is 11.8. The number of carbonyl (C=O) groups excluding carboxylic acids is 3. The van der Waals surface area contributed by atoms with Crippen molar-refractivity contribution >= 4 is 27.7 Å². The van der Waals surface area contributed by atoms with Crippen LogP contribution in [0.4, 0.5) is 0 Å². The Balaban J connectivity index is 1.74. The maximum Gasteiger partial charge on any atom is 0.269 e. The third kappa shape index (κ3) is 6.08. The first kappa shape index (κ1) is 26.4. The van der Waals surface area contributed by atoms with Crippen LogP contribution in [0.15, 0.2) is 59.5 Å². The Morgan fingerprint density at radius 2 is 1.66 bits per heavy atom. The quantitative estimate of drug-likeness (QED) is 0.570. The molecule has 1 aliphatic heterocycles. The number of benzene rings is 2. The van der Waals surface area contributed by atoms with Gasteiger partial charge in [0.2, 0.25) is 11.8 Å². The van der Waals surface area contributed by atoms with Gasteiger partial charge in [-0.25, -0.2) is 12.7 Å². The Morgan fingerprint density at radius 1 is 1.03 bits per heavy atom. The van der Waals surface area contributed by atoms with Gasteiger partial charge in [-0.15, -0.1) is 0 Å². The van der Waals surface area contributed by atoms with E-state index in [0.29, 0.717) is 6.42 Å². The van der Waals surface area contributed by atoms with E-state index < -0.39 is 27.5 Å².